The summed E-state index contributed by atoms with van der Waals surface area (Å²) in [5, 5.41) is 2.24. The van der Waals surface area contributed by atoms with E-state index in [0.717, 1.165) is 6.42 Å². The predicted octanol–water partition coefficient (Wildman–Crippen LogP) is 0.337. The zero-order valence-corrected chi connectivity index (χ0v) is 6.76. The first-order chi connectivity index (χ1) is 5.15. The van der Waals surface area contributed by atoms with Gasteiger partial charge in [0, 0.05) is 19.5 Å². The van der Waals surface area contributed by atoms with E-state index in [1.807, 2.05) is 6.92 Å². The molecule has 1 fully saturated rings. The highest BCUT2D eigenvalue weighted by Crippen LogP contribution is 2.10. The number of nitrogens with one attached hydrogen (secondary N) is 1. The van der Waals surface area contributed by atoms with E-state index < -0.39 is 0 Å². The van der Waals surface area contributed by atoms with Crippen molar-refractivity contribution in [2.24, 2.45) is 0 Å². The Hall–Kier alpha value is -1.06. The molecule has 1 atom stereocenters. The monoisotopic (exact) mass is 156 g/mol. The minimum atomic E-state index is -0.284. The summed E-state index contributed by atoms with van der Waals surface area (Å²) in [6, 6.07) is -0.204. The molecule has 0 spiro atoms. The van der Waals surface area contributed by atoms with Crippen LogP contribution in [0.15, 0.2) is 0 Å². The second-order valence-electron chi connectivity index (χ2n) is 2.73. The molecule has 0 saturated carbocycles. The number of urea groups is 1. The van der Waals surface area contributed by atoms with Crippen LogP contribution in [0.2, 0.25) is 0 Å². The molecule has 0 aromatic heterocycles. The topological polar surface area (TPSA) is 49.4 Å². The van der Waals surface area contributed by atoms with Gasteiger partial charge in [0.25, 0.3) is 0 Å². The number of imide groups is 1. The Morgan fingerprint density at radius 2 is 2.27 bits per heavy atom. The van der Waals surface area contributed by atoms with Gasteiger partial charge in [-0.3, -0.25) is 10.1 Å². The van der Waals surface area contributed by atoms with Gasteiger partial charge in [-0.2, -0.15) is 0 Å². The van der Waals surface area contributed by atoms with Gasteiger partial charge in [-0.15, -0.1) is 0 Å². The van der Waals surface area contributed by atoms with Gasteiger partial charge in [-0.25, -0.2) is 4.79 Å². The van der Waals surface area contributed by atoms with Crippen LogP contribution in [0.4, 0.5) is 4.79 Å². The summed E-state index contributed by atoms with van der Waals surface area (Å²) in [5.74, 6) is -0.167. The third kappa shape index (κ3) is 1.50. The Balaban J connectivity index is 2.66. The average molecular weight is 156 g/mol. The first-order valence-corrected chi connectivity index (χ1v) is 3.71. The molecule has 0 aromatic rings. The quantitative estimate of drug-likeness (QED) is 0.595. The van der Waals surface area contributed by atoms with Crippen molar-refractivity contribution < 1.29 is 9.59 Å². The minimum absolute atomic E-state index is 0.0799. The molecule has 1 saturated heterocycles. The van der Waals surface area contributed by atoms with Crippen LogP contribution in [0.25, 0.3) is 0 Å². The molecule has 0 aliphatic carbocycles. The smallest absolute Gasteiger partial charge is 0.324 e. The van der Waals surface area contributed by atoms with Crippen LogP contribution in [-0.2, 0) is 4.79 Å². The normalized spacial score (nSPS) is 25.3. The molecule has 3 amide bonds. The van der Waals surface area contributed by atoms with Crippen molar-refractivity contribution in [3.63, 3.8) is 0 Å². The Labute approximate surface area is 65.6 Å². The molecular weight excluding hydrogens is 144 g/mol. The van der Waals surface area contributed by atoms with Gasteiger partial charge in [0.2, 0.25) is 5.91 Å². The van der Waals surface area contributed by atoms with Crippen molar-refractivity contribution in [1.82, 2.24) is 10.2 Å². The Morgan fingerprint density at radius 3 is 2.82 bits per heavy atom. The van der Waals surface area contributed by atoms with Gasteiger partial charge in [0.05, 0.1) is 0 Å². The fourth-order valence-corrected chi connectivity index (χ4v) is 1.19. The van der Waals surface area contributed by atoms with Crippen LogP contribution >= 0.6 is 0 Å². The number of carbonyl (C=O) groups is 2. The van der Waals surface area contributed by atoms with Crippen molar-refractivity contribution in [3.05, 3.63) is 0 Å². The highest BCUT2D eigenvalue weighted by atomic mass is 16.2. The van der Waals surface area contributed by atoms with E-state index in [9.17, 15) is 9.59 Å². The van der Waals surface area contributed by atoms with E-state index >= 15 is 0 Å². The van der Waals surface area contributed by atoms with Crippen LogP contribution in [0, 0.1) is 0 Å². The lowest BCUT2D eigenvalue weighted by Gasteiger charge is -2.30. The maximum absolute atomic E-state index is 11.0. The molecule has 1 rings (SSSR count). The second kappa shape index (κ2) is 2.90. The molecule has 11 heavy (non-hydrogen) atoms. The predicted molar refractivity (Wildman–Crippen MR) is 40.0 cm³/mol. The third-order valence-electron chi connectivity index (χ3n) is 2.01. The number of rotatable bonds is 1. The lowest BCUT2D eigenvalue weighted by Crippen LogP contribution is -2.52. The first-order valence-electron chi connectivity index (χ1n) is 3.71. The SMILES string of the molecule is CCC1CC(=O)NC(=O)N1C. The zero-order chi connectivity index (χ0) is 8.43. The molecule has 0 aromatic carbocycles. The van der Waals surface area contributed by atoms with Gasteiger partial charge in [0.1, 0.15) is 0 Å². The maximum Gasteiger partial charge on any atom is 0.324 e. The summed E-state index contributed by atoms with van der Waals surface area (Å²) in [7, 11) is 1.70. The molecule has 1 N–H and O–H groups in total. The maximum atomic E-state index is 11.0. The van der Waals surface area contributed by atoms with E-state index in [1.165, 1.54) is 0 Å². The number of hydrogen-bond acceptors (Lipinski definition) is 2. The van der Waals surface area contributed by atoms with E-state index in [-0.39, 0.29) is 18.0 Å². The van der Waals surface area contributed by atoms with E-state index in [4.69, 9.17) is 0 Å². The molecule has 0 radical (unpaired) electrons. The summed E-state index contributed by atoms with van der Waals surface area (Å²) in [6.07, 6.45) is 1.26. The minimum Gasteiger partial charge on any atom is -0.324 e. The fraction of sp³-hybridized carbons (Fsp3) is 0.714. The van der Waals surface area contributed by atoms with Gasteiger partial charge in [-0.1, -0.05) is 6.92 Å². The van der Waals surface area contributed by atoms with Gasteiger partial charge >= 0.3 is 6.03 Å². The Kier molecular flexibility index (Phi) is 2.12. The van der Waals surface area contributed by atoms with Crippen LogP contribution < -0.4 is 5.32 Å². The molecule has 1 heterocycles. The molecule has 1 aliphatic rings. The highest BCUT2D eigenvalue weighted by Gasteiger charge is 2.27. The second-order valence-corrected chi connectivity index (χ2v) is 2.73. The first kappa shape index (κ1) is 8.04. The number of nitrogens with zero attached hydrogens (tertiary/aromatic N) is 1. The van der Waals surface area contributed by atoms with E-state index in [0.29, 0.717) is 6.42 Å². The van der Waals surface area contributed by atoms with Gasteiger partial charge in [-0.05, 0) is 6.42 Å². The zero-order valence-electron chi connectivity index (χ0n) is 6.76. The summed E-state index contributed by atoms with van der Waals surface area (Å²) in [5.41, 5.74) is 0. The van der Waals surface area contributed by atoms with Gasteiger partial charge < -0.3 is 4.90 Å². The summed E-state index contributed by atoms with van der Waals surface area (Å²) < 4.78 is 0. The number of carbonyl (C=O) groups excluding carboxylic acids is 2. The van der Waals surface area contributed by atoms with Crippen LogP contribution in [0.1, 0.15) is 19.8 Å². The van der Waals surface area contributed by atoms with Crippen molar-refractivity contribution in [1.29, 1.82) is 0 Å². The van der Waals surface area contributed by atoms with Crippen LogP contribution in [-0.4, -0.2) is 29.9 Å². The Morgan fingerprint density at radius 1 is 1.64 bits per heavy atom. The standard InChI is InChI=1S/C7H12N2O2/c1-3-5-4-6(10)8-7(11)9(5)2/h5H,3-4H2,1-2H3,(H,8,10,11). The lowest BCUT2D eigenvalue weighted by molar-refractivity contribution is -0.122. The van der Waals surface area contributed by atoms with Crippen molar-refractivity contribution >= 4 is 11.9 Å². The molecule has 0 bridgehead atoms. The average Bonchev–Trinajstić information content (AvgIpc) is 1.96. The lowest BCUT2D eigenvalue weighted by atomic mass is 10.1. The molecular formula is C7H12N2O2. The summed E-state index contributed by atoms with van der Waals surface area (Å²) in [4.78, 5) is 23.4. The Bertz CT molecular complexity index is 191. The van der Waals surface area contributed by atoms with Crippen molar-refractivity contribution in [3.8, 4) is 0 Å². The summed E-state index contributed by atoms with van der Waals surface area (Å²) in [6.45, 7) is 1.97. The molecule has 1 aliphatic heterocycles. The van der Waals surface area contributed by atoms with Gasteiger partial charge in [0.15, 0.2) is 0 Å². The summed E-state index contributed by atoms with van der Waals surface area (Å²) >= 11 is 0. The van der Waals surface area contributed by atoms with Crippen molar-refractivity contribution in [2.45, 2.75) is 25.8 Å². The third-order valence-corrected chi connectivity index (χ3v) is 2.01. The largest absolute Gasteiger partial charge is 0.324 e. The highest BCUT2D eigenvalue weighted by molar-refractivity contribution is 5.97. The van der Waals surface area contributed by atoms with E-state index in [2.05, 4.69) is 5.32 Å². The number of hydrogen-bond donors (Lipinski definition) is 1. The molecule has 4 nitrogen and oxygen atoms in total. The van der Waals surface area contributed by atoms with Crippen molar-refractivity contribution in [2.75, 3.05) is 7.05 Å². The van der Waals surface area contributed by atoms with E-state index in [1.54, 1.807) is 11.9 Å². The number of amides is 3. The van der Waals surface area contributed by atoms with Crippen LogP contribution in [0.5, 0.6) is 0 Å². The fourth-order valence-electron chi connectivity index (χ4n) is 1.19. The van der Waals surface area contributed by atoms with Crippen LogP contribution in [0.3, 0.4) is 0 Å². The molecule has 4 heteroatoms. The molecule has 62 valence electrons. The molecule has 1 unspecified atom stereocenters.